The minimum atomic E-state index is -0.938. The van der Waals surface area contributed by atoms with E-state index < -0.39 is 11.9 Å². The first kappa shape index (κ1) is 22.7. The van der Waals surface area contributed by atoms with Crippen LogP contribution in [0.25, 0.3) is 34.9 Å². The van der Waals surface area contributed by atoms with Crippen LogP contribution in [0.3, 0.4) is 0 Å². The van der Waals surface area contributed by atoms with Crippen LogP contribution in [0.1, 0.15) is 24.4 Å². The fourth-order valence-corrected chi connectivity index (χ4v) is 4.09. The van der Waals surface area contributed by atoms with Gasteiger partial charge in [0, 0.05) is 43.2 Å². The molecule has 0 bridgehead atoms. The van der Waals surface area contributed by atoms with Gasteiger partial charge in [-0.25, -0.2) is 14.1 Å². The molecule has 0 radical (unpaired) electrons. The molecular formula is C25H21F3N6O. The predicted molar refractivity (Wildman–Crippen MR) is 123 cm³/mol. The van der Waals surface area contributed by atoms with E-state index in [1.54, 1.807) is 30.6 Å². The molecule has 0 unspecified atom stereocenters. The van der Waals surface area contributed by atoms with Crippen LogP contribution in [0, 0.1) is 23.1 Å². The molecule has 0 atom stereocenters. The van der Waals surface area contributed by atoms with Crippen molar-refractivity contribution >= 4 is 12.3 Å². The minimum Gasteiger partial charge on any atom is -0.381 e. The Labute approximate surface area is 198 Å². The fourth-order valence-electron chi connectivity index (χ4n) is 4.09. The van der Waals surface area contributed by atoms with Crippen LogP contribution in [0.15, 0.2) is 54.9 Å². The molecule has 3 aromatic heterocycles. The summed E-state index contributed by atoms with van der Waals surface area (Å²) < 4.78 is 49.3. The van der Waals surface area contributed by atoms with Crippen molar-refractivity contribution in [3.05, 3.63) is 83.6 Å². The Hall–Kier alpha value is -4.05. The summed E-state index contributed by atoms with van der Waals surface area (Å²) >= 11 is 0. The molecule has 35 heavy (non-hydrogen) atoms. The molecule has 5 rings (SSSR count). The van der Waals surface area contributed by atoms with Gasteiger partial charge in [-0.3, -0.25) is 5.41 Å². The zero-order valence-electron chi connectivity index (χ0n) is 18.5. The number of hydrogen-bond acceptors (Lipinski definition) is 5. The van der Waals surface area contributed by atoms with Gasteiger partial charge in [0.1, 0.15) is 17.0 Å². The highest BCUT2D eigenvalue weighted by Gasteiger charge is 2.23. The molecule has 0 spiro atoms. The first-order valence-corrected chi connectivity index (χ1v) is 11.0. The van der Waals surface area contributed by atoms with E-state index in [0.717, 1.165) is 36.2 Å². The van der Waals surface area contributed by atoms with Crippen molar-refractivity contribution < 1.29 is 17.9 Å². The number of rotatable bonds is 5. The van der Waals surface area contributed by atoms with Gasteiger partial charge in [-0.15, -0.1) is 0 Å². The molecule has 7 nitrogen and oxygen atoms in total. The molecule has 10 heteroatoms. The summed E-state index contributed by atoms with van der Waals surface area (Å²) in [6.07, 6.45) is 6.26. The van der Waals surface area contributed by atoms with Crippen molar-refractivity contribution in [3.8, 4) is 22.6 Å². The molecule has 0 amide bonds. The second kappa shape index (κ2) is 9.67. The Morgan fingerprint density at radius 3 is 2.40 bits per heavy atom. The average molecular weight is 478 g/mol. The van der Waals surface area contributed by atoms with Crippen molar-refractivity contribution in [1.82, 2.24) is 24.3 Å². The average Bonchev–Trinajstić information content (AvgIpc) is 3.29. The van der Waals surface area contributed by atoms with E-state index in [4.69, 9.17) is 10.1 Å². The summed E-state index contributed by atoms with van der Waals surface area (Å²) in [6.45, 7) is 1.27. The molecule has 4 heterocycles. The lowest BCUT2D eigenvalue weighted by molar-refractivity contribution is 0.0699. The predicted octanol–water partition coefficient (Wildman–Crippen LogP) is 4.68. The van der Waals surface area contributed by atoms with E-state index in [2.05, 4.69) is 19.6 Å². The number of hydrogen-bond donors (Lipinski definition) is 1. The number of imidazole rings is 1. The molecular weight excluding hydrogens is 457 g/mol. The Bertz CT molecular complexity index is 1420. The molecule has 1 fully saturated rings. The summed E-state index contributed by atoms with van der Waals surface area (Å²) in [5.41, 5.74) is 2.95. The van der Waals surface area contributed by atoms with E-state index in [0.29, 0.717) is 24.6 Å². The van der Waals surface area contributed by atoms with Crippen molar-refractivity contribution in [2.45, 2.75) is 18.9 Å². The van der Waals surface area contributed by atoms with Crippen LogP contribution in [0.5, 0.6) is 0 Å². The second-order valence-electron chi connectivity index (χ2n) is 8.11. The van der Waals surface area contributed by atoms with E-state index in [9.17, 15) is 13.2 Å². The maximum absolute atomic E-state index is 13.6. The summed E-state index contributed by atoms with van der Waals surface area (Å²) in [4.78, 5) is 7.71. The maximum Gasteiger partial charge on any atom is 0.216 e. The van der Waals surface area contributed by atoms with E-state index in [-0.39, 0.29) is 22.9 Å². The molecule has 1 saturated heterocycles. The number of benzene rings is 1. The fraction of sp³-hybridized carbons (Fsp3) is 0.200. The van der Waals surface area contributed by atoms with E-state index in [1.807, 2.05) is 0 Å². The van der Waals surface area contributed by atoms with Crippen molar-refractivity contribution in [1.29, 1.82) is 5.41 Å². The summed E-state index contributed by atoms with van der Waals surface area (Å²) in [6, 6.07) is 11.7. The topological polar surface area (TPSA) is 81.6 Å². The third kappa shape index (κ3) is 4.92. The number of nitrogens with one attached hydrogen (secondary N) is 1. The monoisotopic (exact) mass is 478 g/mol. The first-order valence-electron chi connectivity index (χ1n) is 11.0. The zero-order chi connectivity index (χ0) is 24.4. The van der Waals surface area contributed by atoms with Crippen LogP contribution < -0.4 is 5.49 Å². The van der Waals surface area contributed by atoms with Gasteiger partial charge in [-0.1, -0.05) is 0 Å². The Morgan fingerprint density at radius 2 is 1.69 bits per heavy atom. The quantitative estimate of drug-likeness (QED) is 0.422. The van der Waals surface area contributed by atoms with Crippen molar-refractivity contribution in [3.63, 3.8) is 0 Å². The molecule has 1 N–H and O–H groups in total. The summed E-state index contributed by atoms with van der Waals surface area (Å²) in [5.74, 6) is -2.22. The Balaban J connectivity index is 1.60. The lowest BCUT2D eigenvalue weighted by atomic mass is 10.1. The lowest BCUT2D eigenvalue weighted by Crippen LogP contribution is -2.21. The van der Waals surface area contributed by atoms with Gasteiger partial charge in [-0.2, -0.15) is 18.9 Å². The Morgan fingerprint density at radius 1 is 0.971 bits per heavy atom. The van der Waals surface area contributed by atoms with Gasteiger partial charge < -0.3 is 9.30 Å². The van der Waals surface area contributed by atoms with Gasteiger partial charge in [-0.05, 0) is 60.9 Å². The molecule has 4 aromatic rings. The van der Waals surface area contributed by atoms with Crippen LogP contribution in [-0.4, -0.2) is 37.5 Å². The van der Waals surface area contributed by atoms with Gasteiger partial charge in [0.15, 0.2) is 0 Å². The number of ether oxygens (including phenoxy) is 1. The van der Waals surface area contributed by atoms with Gasteiger partial charge in [0.25, 0.3) is 0 Å². The number of nitrogens with zero attached hydrogens (tertiary/aromatic N) is 5. The second-order valence-corrected chi connectivity index (χ2v) is 8.11. The molecule has 0 aliphatic carbocycles. The van der Waals surface area contributed by atoms with E-state index in [1.165, 1.54) is 29.1 Å². The van der Waals surface area contributed by atoms with Gasteiger partial charge in [0.2, 0.25) is 11.9 Å². The SMILES string of the molecule is N=c1ccc(-c2c(-c3ccc(F)cc3)ncn2C2CCOCC2)nn1/C=C/c1cc(F)nc(F)c1. The standard InChI is InChI=1S/C25H21F3N6O/c26-18-3-1-17(2-4-18)24-25(33(15-30-24)19-8-11-35-12-9-19)20-5-6-23(29)34(32-20)10-7-16-13-21(27)31-22(28)14-16/h1-7,10,13-15,19,29H,8-9,11-12H2/b10-7+,29-23?. The lowest BCUT2D eigenvalue weighted by Gasteiger charge is -2.25. The molecule has 1 aliphatic rings. The van der Waals surface area contributed by atoms with Crippen LogP contribution in [0.2, 0.25) is 0 Å². The summed E-state index contributed by atoms with van der Waals surface area (Å²) in [5, 5.41) is 12.8. The highest BCUT2D eigenvalue weighted by Crippen LogP contribution is 2.34. The van der Waals surface area contributed by atoms with Gasteiger partial charge in [0.05, 0.1) is 17.7 Å². The van der Waals surface area contributed by atoms with Crippen LogP contribution in [-0.2, 0) is 4.74 Å². The van der Waals surface area contributed by atoms with Crippen molar-refractivity contribution in [2.75, 3.05) is 13.2 Å². The molecule has 178 valence electrons. The van der Waals surface area contributed by atoms with Crippen molar-refractivity contribution in [2.24, 2.45) is 0 Å². The molecule has 1 aromatic carbocycles. The number of halogens is 3. The molecule has 1 aliphatic heterocycles. The third-order valence-electron chi connectivity index (χ3n) is 5.79. The number of pyridine rings is 1. The molecule has 0 saturated carbocycles. The first-order chi connectivity index (χ1) is 17.0. The Kier molecular flexibility index (Phi) is 6.28. The largest absolute Gasteiger partial charge is 0.381 e. The van der Waals surface area contributed by atoms with Crippen LogP contribution in [0.4, 0.5) is 13.2 Å². The number of aromatic nitrogens is 5. The highest BCUT2D eigenvalue weighted by molar-refractivity contribution is 5.77. The van der Waals surface area contributed by atoms with E-state index >= 15 is 0 Å². The highest BCUT2D eigenvalue weighted by atomic mass is 19.1. The summed E-state index contributed by atoms with van der Waals surface area (Å²) in [7, 11) is 0. The minimum absolute atomic E-state index is 0.0699. The third-order valence-corrected chi connectivity index (χ3v) is 5.79. The normalized spacial score (nSPS) is 14.6. The maximum atomic E-state index is 13.6. The zero-order valence-corrected chi connectivity index (χ0v) is 18.5. The smallest absolute Gasteiger partial charge is 0.216 e. The van der Waals surface area contributed by atoms with Crippen LogP contribution >= 0.6 is 0 Å². The van der Waals surface area contributed by atoms with Gasteiger partial charge >= 0.3 is 0 Å².